The fraction of sp³-hybridized carbons (Fsp3) is 0.100. The highest BCUT2D eigenvalue weighted by molar-refractivity contribution is 7.26. The van der Waals surface area contributed by atoms with Crippen molar-refractivity contribution in [3.05, 3.63) is 35.8 Å². The van der Waals surface area contributed by atoms with Crippen molar-refractivity contribution in [3.8, 4) is 16.3 Å². The molecule has 2 aromatic rings. The van der Waals surface area contributed by atoms with Crippen LogP contribution >= 0.6 is 10.8 Å². The number of ether oxygens (including phenoxy) is 1. The Morgan fingerprint density at radius 2 is 2.29 bits per heavy atom. The van der Waals surface area contributed by atoms with Gasteiger partial charge in [-0.1, -0.05) is 6.07 Å². The summed E-state index contributed by atoms with van der Waals surface area (Å²) in [6.07, 6.45) is 1.56. The zero-order chi connectivity index (χ0) is 9.97. The predicted molar refractivity (Wildman–Crippen MR) is 54.9 cm³/mol. The van der Waals surface area contributed by atoms with E-state index in [2.05, 4.69) is 4.98 Å². The second-order valence-electron chi connectivity index (χ2n) is 2.75. The first-order valence-corrected chi connectivity index (χ1v) is 5.32. The Hall–Kier alpha value is -1.39. The lowest BCUT2D eigenvalue weighted by atomic mass is 10.2. The van der Waals surface area contributed by atoms with E-state index in [4.69, 9.17) is 4.74 Å². The fourth-order valence-electron chi connectivity index (χ4n) is 1.22. The number of aromatic nitrogens is 1. The van der Waals surface area contributed by atoms with Crippen LogP contribution in [0, 0.1) is 0 Å². The lowest BCUT2D eigenvalue weighted by molar-refractivity contribution is 0.415. The van der Waals surface area contributed by atoms with Crippen molar-refractivity contribution in [3.63, 3.8) is 0 Å². The van der Waals surface area contributed by atoms with Gasteiger partial charge in [0.15, 0.2) is 5.38 Å². The molecule has 0 aliphatic heterocycles. The van der Waals surface area contributed by atoms with Crippen molar-refractivity contribution in [1.29, 1.82) is 0 Å². The van der Waals surface area contributed by atoms with Gasteiger partial charge >= 0.3 is 0 Å². The Balaban J connectivity index is 2.47. The summed E-state index contributed by atoms with van der Waals surface area (Å²) in [4.78, 5) is 4.04. The van der Waals surface area contributed by atoms with Crippen LogP contribution in [0.1, 0.15) is 0 Å². The van der Waals surface area contributed by atoms with Crippen molar-refractivity contribution < 1.29 is 9.29 Å². The van der Waals surface area contributed by atoms with E-state index in [9.17, 15) is 4.55 Å². The van der Waals surface area contributed by atoms with E-state index >= 15 is 0 Å². The van der Waals surface area contributed by atoms with E-state index in [1.165, 1.54) is 0 Å². The van der Waals surface area contributed by atoms with E-state index < -0.39 is 10.8 Å². The van der Waals surface area contributed by atoms with Gasteiger partial charge in [-0.25, -0.2) is 4.98 Å². The number of rotatable bonds is 2. The maximum absolute atomic E-state index is 11.4. The highest BCUT2D eigenvalue weighted by atomic mass is 32.2. The second-order valence-corrected chi connectivity index (χ2v) is 4.00. The second kappa shape index (κ2) is 3.77. The summed E-state index contributed by atoms with van der Waals surface area (Å²) < 4.78 is 16.5. The van der Waals surface area contributed by atoms with Crippen LogP contribution in [0.15, 0.2) is 35.8 Å². The van der Waals surface area contributed by atoms with Crippen molar-refractivity contribution in [1.82, 2.24) is 4.98 Å². The summed E-state index contributed by atoms with van der Waals surface area (Å²) in [6.45, 7) is 0. The van der Waals surface area contributed by atoms with Gasteiger partial charge in [0, 0.05) is 0 Å². The molecular weight excluding hydrogens is 198 g/mol. The molecule has 3 nitrogen and oxygen atoms in total. The van der Waals surface area contributed by atoms with Crippen LogP contribution in [0.4, 0.5) is 0 Å². The Labute approximate surface area is 84.8 Å². The third kappa shape index (κ3) is 1.62. The molecule has 0 bridgehead atoms. The van der Waals surface area contributed by atoms with Gasteiger partial charge in [0.2, 0.25) is 0 Å². The molecule has 2 rings (SSSR count). The maximum Gasteiger partial charge on any atom is 0.272 e. The first kappa shape index (κ1) is 9.18. The van der Waals surface area contributed by atoms with E-state index in [0.717, 1.165) is 11.3 Å². The van der Waals surface area contributed by atoms with Gasteiger partial charge in [-0.3, -0.25) is 0 Å². The Kier molecular flexibility index (Phi) is 2.47. The van der Waals surface area contributed by atoms with Crippen LogP contribution in [0.3, 0.4) is 0 Å². The minimum absolute atomic E-state index is 0.587. The highest BCUT2D eigenvalue weighted by Crippen LogP contribution is 2.30. The molecule has 0 amide bonds. The zero-order valence-electron chi connectivity index (χ0n) is 7.64. The molecule has 14 heavy (non-hydrogen) atoms. The summed E-state index contributed by atoms with van der Waals surface area (Å²) in [5.41, 5.74) is 0.840. The lowest BCUT2D eigenvalue weighted by Crippen LogP contribution is -1.83. The van der Waals surface area contributed by atoms with Gasteiger partial charge < -0.3 is 9.29 Å². The molecule has 1 unspecified atom stereocenters. The summed E-state index contributed by atoms with van der Waals surface area (Å²) in [7, 11) is 0.494. The normalized spacial score (nSPS) is 11.4. The molecule has 0 spiro atoms. The van der Waals surface area contributed by atoms with Crippen LogP contribution < -0.4 is 4.74 Å². The Morgan fingerprint density at radius 1 is 1.43 bits per heavy atom. The van der Waals surface area contributed by atoms with E-state index in [-0.39, 0.29) is 0 Å². The first-order chi connectivity index (χ1) is 6.81. The Morgan fingerprint density at radius 3 is 2.93 bits per heavy atom. The monoisotopic (exact) mass is 207 g/mol. The SMILES string of the molecule is COc1cccc(-c2ncc[s+]2[O-])c1. The lowest BCUT2D eigenvalue weighted by Gasteiger charge is -2.00. The fourth-order valence-corrected chi connectivity index (χ4v) is 2.04. The maximum atomic E-state index is 11.4. The zero-order valence-corrected chi connectivity index (χ0v) is 8.45. The van der Waals surface area contributed by atoms with Crippen molar-refractivity contribution in [2.24, 2.45) is 0 Å². The number of benzene rings is 1. The third-order valence-corrected chi connectivity index (χ3v) is 2.97. The van der Waals surface area contributed by atoms with Gasteiger partial charge in [-0.15, -0.1) is 0 Å². The molecule has 1 aromatic heterocycles. The summed E-state index contributed by atoms with van der Waals surface area (Å²) in [5, 5.41) is 2.15. The number of nitrogens with zero attached hydrogens (tertiary/aromatic N) is 1. The van der Waals surface area contributed by atoms with Gasteiger partial charge in [0.05, 0.1) is 18.9 Å². The van der Waals surface area contributed by atoms with Gasteiger partial charge in [-0.05, 0) is 28.9 Å². The highest BCUT2D eigenvalue weighted by Gasteiger charge is 2.10. The van der Waals surface area contributed by atoms with Gasteiger partial charge in [0.25, 0.3) is 5.01 Å². The van der Waals surface area contributed by atoms with E-state index in [0.29, 0.717) is 5.01 Å². The van der Waals surface area contributed by atoms with Crippen molar-refractivity contribution in [2.45, 2.75) is 0 Å². The predicted octanol–water partition coefficient (Wildman–Crippen LogP) is 2.48. The molecule has 0 fully saturated rings. The topological polar surface area (TPSA) is 45.2 Å². The van der Waals surface area contributed by atoms with Crippen molar-refractivity contribution in [2.75, 3.05) is 7.11 Å². The molecule has 0 radical (unpaired) electrons. The van der Waals surface area contributed by atoms with Crippen LogP contribution in [-0.4, -0.2) is 16.6 Å². The number of thiazole rings is 1. The van der Waals surface area contributed by atoms with Crippen LogP contribution in [0.5, 0.6) is 5.75 Å². The molecule has 0 saturated carbocycles. The minimum atomic E-state index is -1.11. The average Bonchev–Trinajstić information content (AvgIpc) is 2.65. The van der Waals surface area contributed by atoms with Crippen LogP contribution in [0.2, 0.25) is 0 Å². The van der Waals surface area contributed by atoms with Gasteiger partial charge in [0.1, 0.15) is 5.75 Å². The molecule has 0 N–H and O–H groups in total. The molecule has 0 aliphatic rings. The minimum Gasteiger partial charge on any atom is -0.589 e. The molecule has 0 aliphatic carbocycles. The molecule has 72 valence electrons. The van der Waals surface area contributed by atoms with Crippen LogP contribution in [-0.2, 0) is 0 Å². The third-order valence-electron chi connectivity index (χ3n) is 1.88. The number of methoxy groups -OCH3 is 1. The van der Waals surface area contributed by atoms with Crippen LogP contribution in [0.25, 0.3) is 10.6 Å². The summed E-state index contributed by atoms with van der Waals surface area (Å²) in [5.74, 6) is 0.745. The van der Waals surface area contributed by atoms with Gasteiger partial charge in [-0.2, -0.15) is 0 Å². The average molecular weight is 207 g/mol. The number of hydrogen-bond acceptors (Lipinski definition) is 3. The molecule has 4 heteroatoms. The molecular formula is C10H9NO2S. The quantitative estimate of drug-likeness (QED) is 0.711. The molecule has 0 saturated heterocycles. The molecule has 1 heterocycles. The molecule has 1 aromatic carbocycles. The largest absolute Gasteiger partial charge is 0.589 e. The van der Waals surface area contributed by atoms with E-state index in [1.54, 1.807) is 18.7 Å². The number of hydrogen-bond donors (Lipinski definition) is 0. The molecule has 1 atom stereocenters. The summed E-state index contributed by atoms with van der Waals surface area (Å²) >= 11 is 0. The summed E-state index contributed by atoms with van der Waals surface area (Å²) in [6, 6.07) is 7.39. The smallest absolute Gasteiger partial charge is 0.272 e. The Bertz CT molecular complexity index is 439. The van der Waals surface area contributed by atoms with E-state index in [1.807, 2.05) is 24.3 Å². The van der Waals surface area contributed by atoms with Crippen molar-refractivity contribution >= 4 is 10.8 Å². The first-order valence-electron chi connectivity index (χ1n) is 4.11. The standard InChI is InChI=1S/C10H9NO2S/c1-13-9-4-2-3-8(7-9)10-11-5-6-14(10)12/h2-7H,1H3.